The zero-order valence-electron chi connectivity index (χ0n) is 20.7. The number of carbonyl (C=O) groups excluding carboxylic acids is 3. The average Bonchev–Trinajstić information content (AvgIpc) is 3.29. The Hall–Kier alpha value is -3.14. The van der Waals surface area contributed by atoms with Crippen LogP contribution in [0.15, 0.2) is 51.6 Å². The Balaban J connectivity index is 1.62. The first kappa shape index (κ1) is 25.9. The highest BCUT2D eigenvalue weighted by Crippen LogP contribution is 2.45. The number of amides is 1. The molecule has 1 aromatic carbocycles. The molecule has 2 atom stereocenters. The summed E-state index contributed by atoms with van der Waals surface area (Å²) in [5.41, 5.74) is 2.13. The predicted octanol–water partition coefficient (Wildman–Crippen LogP) is 4.16. The molecule has 0 aliphatic carbocycles. The molecule has 3 heterocycles. The van der Waals surface area contributed by atoms with Crippen LogP contribution in [0.2, 0.25) is 0 Å². The van der Waals surface area contributed by atoms with Crippen LogP contribution in [-0.4, -0.2) is 59.6 Å². The number of fused-ring (bicyclic) bond motifs is 1. The number of rotatable bonds is 7. The van der Waals surface area contributed by atoms with Crippen molar-refractivity contribution in [1.82, 2.24) is 9.80 Å². The largest absolute Gasteiger partial charge is 0.466 e. The van der Waals surface area contributed by atoms with Gasteiger partial charge in [-0.25, -0.2) is 14.2 Å². The minimum atomic E-state index is -0.682. The van der Waals surface area contributed by atoms with E-state index in [1.54, 1.807) is 24.0 Å². The second kappa shape index (κ2) is 11.3. The van der Waals surface area contributed by atoms with Gasteiger partial charge in [-0.3, -0.25) is 9.59 Å². The van der Waals surface area contributed by atoms with Crippen molar-refractivity contribution < 1.29 is 28.2 Å². The summed E-state index contributed by atoms with van der Waals surface area (Å²) in [6, 6.07) is 5.40. The zero-order valence-corrected chi connectivity index (χ0v) is 21.5. The number of nitrogens with zero attached hydrogens (tertiary/aromatic N) is 3. The Kier molecular flexibility index (Phi) is 8.13. The van der Waals surface area contributed by atoms with Crippen molar-refractivity contribution in [3.8, 4) is 0 Å². The first-order valence-corrected chi connectivity index (χ1v) is 13.0. The lowest BCUT2D eigenvalue weighted by atomic mass is 9.92. The monoisotopic (exact) mass is 515 g/mol. The summed E-state index contributed by atoms with van der Waals surface area (Å²) in [5, 5.41) is 2.48. The number of halogens is 1. The molecule has 0 aromatic heterocycles. The average molecular weight is 516 g/mol. The molecule has 0 bridgehead atoms. The van der Waals surface area contributed by atoms with Crippen molar-refractivity contribution in [2.75, 3.05) is 26.8 Å². The van der Waals surface area contributed by atoms with Crippen LogP contribution in [0.5, 0.6) is 0 Å². The standard InChI is InChI=1S/C26H30FN3O5S/c1-4-20-22(25(33)34-3)23(16-8-6-10-18(27)12-16)30-19(15-36-26(30)28-20)13-21(31)29-11-7-9-17(14-29)24(32)35-5-2/h6,8,10,12,15,17,23H,4-5,7,9,11,13-14H2,1-3H3/t17-,23+/m0/s1. The summed E-state index contributed by atoms with van der Waals surface area (Å²) in [6.07, 6.45) is 1.97. The second-order valence-corrected chi connectivity index (χ2v) is 9.60. The molecule has 0 saturated carbocycles. The molecule has 36 heavy (non-hydrogen) atoms. The van der Waals surface area contributed by atoms with E-state index >= 15 is 0 Å². The van der Waals surface area contributed by atoms with Crippen LogP contribution in [0, 0.1) is 11.7 Å². The smallest absolute Gasteiger partial charge is 0.338 e. The van der Waals surface area contributed by atoms with Crippen LogP contribution >= 0.6 is 11.8 Å². The van der Waals surface area contributed by atoms with Gasteiger partial charge in [0.25, 0.3) is 0 Å². The Labute approximate surface area is 214 Å². The molecule has 4 rings (SSSR count). The van der Waals surface area contributed by atoms with E-state index < -0.39 is 17.8 Å². The molecule has 0 spiro atoms. The van der Waals surface area contributed by atoms with Gasteiger partial charge < -0.3 is 19.3 Å². The maximum atomic E-state index is 14.3. The molecular weight excluding hydrogens is 485 g/mol. The van der Waals surface area contributed by atoms with Gasteiger partial charge in [0.1, 0.15) is 5.82 Å². The van der Waals surface area contributed by atoms with Crippen molar-refractivity contribution >= 4 is 34.8 Å². The number of ether oxygens (including phenoxy) is 2. The van der Waals surface area contributed by atoms with Gasteiger partial charge in [-0.15, -0.1) is 0 Å². The van der Waals surface area contributed by atoms with Crippen molar-refractivity contribution in [3.63, 3.8) is 0 Å². The van der Waals surface area contributed by atoms with Crippen LogP contribution < -0.4 is 0 Å². The van der Waals surface area contributed by atoms with E-state index in [0.717, 1.165) is 6.42 Å². The number of hydrogen-bond donors (Lipinski definition) is 0. The highest BCUT2D eigenvalue weighted by Gasteiger charge is 2.42. The van der Waals surface area contributed by atoms with E-state index in [-0.39, 0.29) is 24.2 Å². The number of thioether (sulfide) groups is 1. The fraction of sp³-hybridized carbons (Fsp3) is 0.462. The number of hydrogen-bond acceptors (Lipinski definition) is 8. The Morgan fingerprint density at radius 3 is 2.75 bits per heavy atom. The molecule has 192 valence electrons. The summed E-state index contributed by atoms with van der Waals surface area (Å²) < 4.78 is 24.5. The molecule has 0 radical (unpaired) electrons. The molecule has 8 nitrogen and oxygen atoms in total. The van der Waals surface area contributed by atoms with Gasteiger partial charge in [0.05, 0.1) is 43.4 Å². The molecule has 1 aromatic rings. The Morgan fingerprint density at radius 1 is 1.25 bits per heavy atom. The van der Waals surface area contributed by atoms with Crippen LogP contribution in [0.3, 0.4) is 0 Å². The highest BCUT2D eigenvalue weighted by molar-refractivity contribution is 8.16. The first-order valence-electron chi connectivity index (χ1n) is 12.1. The third kappa shape index (κ3) is 5.18. The number of esters is 2. The van der Waals surface area contributed by atoms with Gasteiger partial charge in [-0.1, -0.05) is 30.8 Å². The number of methoxy groups -OCH3 is 1. The molecule has 0 unspecified atom stereocenters. The number of piperidine rings is 1. The fourth-order valence-corrected chi connectivity index (χ4v) is 5.76. The number of likely N-dealkylation sites (tertiary alicyclic amines) is 1. The normalized spacial score (nSPS) is 21.6. The number of allylic oxidation sites excluding steroid dienone is 1. The third-order valence-corrected chi connectivity index (χ3v) is 7.41. The van der Waals surface area contributed by atoms with Crippen molar-refractivity contribution in [1.29, 1.82) is 0 Å². The summed E-state index contributed by atoms with van der Waals surface area (Å²) in [4.78, 5) is 46.7. The summed E-state index contributed by atoms with van der Waals surface area (Å²) in [6.45, 7) is 4.86. The Morgan fingerprint density at radius 2 is 2.06 bits per heavy atom. The number of benzene rings is 1. The van der Waals surface area contributed by atoms with Gasteiger partial charge in [-0.05, 0) is 49.3 Å². The lowest BCUT2D eigenvalue weighted by Gasteiger charge is -2.37. The zero-order chi connectivity index (χ0) is 25.8. The third-order valence-electron chi connectivity index (χ3n) is 6.52. The highest BCUT2D eigenvalue weighted by atomic mass is 32.2. The van der Waals surface area contributed by atoms with Crippen molar-refractivity contribution in [2.45, 2.75) is 45.6 Å². The molecule has 1 fully saturated rings. The first-order chi connectivity index (χ1) is 17.4. The minimum absolute atomic E-state index is 0.0588. The molecule has 3 aliphatic heterocycles. The maximum absolute atomic E-state index is 14.3. The lowest BCUT2D eigenvalue weighted by molar-refractivity contribution is -0.151. The predicted molar refractivity (Wildman–Crippen MR) is 134 cm³/mol. The molecule has 3 aliphatic rings. The van der Waals surface area contributed by atoms with Gasteiger partial charge >= 0.3 is 11.9 Å². The van der Waals surface area contributed by atoms with Crippen LogP contribution in [-0.2, 0) is 23.9 Å². The molecule has 0 N–H and O–H groups in total. The Bertz CT molecular complexity index is 1150. The number of amidine groups is 1. The number of aliphatic imine (C=N–C) groups is 1. The molecular formula is C26H30FN3O5S. The van der Waals surface area contributed by atoms with E-state index in [2.05, 4.69) is 4.99 Å². The van der Waals surface area contributed by atoms with E-state index in [0.29, 0.717) is 60.2 Å². The van der Waals surface area contributed by atoms with Crippen LogP contribution in [0.1, 0.15) is 51.1 Å². The summed E-state index contributed by atoms with van der Waals surface area (Å²) in [7, 11) is 1.31. The lowest BCUT2D eigenvalue weighted by Crippen LogP contribution is -2.44. The molecule has 1 amide bonds. The SMILES string of the molecule is CCOC(=O)[C@H]1CCCN(C(=O)CC2=CSC3=NC(CC)=C(C(=O)OC)[C@@H](c4cccc(F)c4)N23)C1. The van der Waals surface area contributed by atoms with Crippen LogP contribution in [0.4, 0.5) is 4.39 Å². The van der Waals surface area contributed by atoms with Gasteiger partial charge in [0.2, 0.25) is 5.91 Å². The molecule has 1 saturated heterocycles. The quantitative estimate of drug-likeness (QED) is 0.504. The summed E-state index contributed by atoms with van der Waals surface area (Å²) in [5.74, 6) is -1.70. The van der Waals surface area contributed by atoms with Gasteiger partial charge in [-0.2, -0.15) is 0 Å². The number of carbonyl (C=O) groups is 3. The minimum Gasteiger partial charge on any atom is -0.466 e. The second-order valence-electron chi connectivity index (χ2n) is 8.76. The van der Waals surface area contributed by atoms with Crippen molar-refractivity contribution in [3.05, 3.63) is 58.0 Å². The maximum Gasteiger partial charge on any atom is 0.338 e. The van der Waals surface area contributed by atoms with E-state index in [1.165, 1.54) is 31.0 Å². The molecule has 10 heteroatoms. The van der Waals surface area contributed by atoms with Crippen LogP contribution in [0.25, 0.3) is 0 Å². The van der Waals surface area contributed by atoms with E-state index in [9.17, 15) is 18.8 Å². The van der Waals surface area contributed by atoms with Gasteiger partial charge in [0.15, 0.2) is 5.17 Å². The van der Waals surface area contributed by atoms with Crippen molar-refractivity contribution in [2.24, 2.45) is 10.9 Å². The van der Waals surface area contributed by atoms with E-state index in [1.807, 2.05) is 17.2 Å². The topological polar surface area (TPSA) is 88.5 Å². The summed E-state index contributed by atoms with van der Waals surface area (Å²) >= 11 is 1.37. The fourth-order valence-electron chi connectivity index (χ4n) is 4.83. The van der Waals surface area contributed by atoms with E-state index in [4.69, 9.17) is 9.47 Å². The van der Waals surface area contributed by atoms with Gasteiger partial charge in [0, 0.05) is 18.8 Å².